The molecule has 1 aromatic carbocycles. The first-order valence-electron chi connectivity index (χ1n) is 9.39. The van der Waals surface area contributed by atoms with Gasteiger partial charge in [0, 0.05) is 35.0 Å². The van der Waals surface area contributed by atoms with Crippen LogP contribution < -0.4 is 0 Å². The van der Waals surface area contributed by atoms with Gasteiger partial charge in [0.2, 0.25) is 5.91 Å². The molecule has 3 rings (SSSR count). The first-order valence-corrected chi connectivity index (χ1v) is 10.2. The molecule has 4 nitrogen and oxygen atoms in total. The molecule has 142 valence electrons. The van der Waals surface area contributed by atoms with Gasteiger partial charge in [0.05, 0.1) is 12.2 Å². The van der Waals surface area contributed by atoms with Crippen molar-refractivity contribution in [3.8, 4) is 0 Å². The van der Waals surface area contributed by atoms with Crippen LogP contribution in [0.4, 0.5) is 0 Å². The lowest BCUT2D eigenvalue weighted by molar-refractivity contribution is -0.132. The van der Waals surface area contributed by atoms with Gasteiger partial charge in [0.15, 0.2) is 0 Å². The van der Waals surface area contributed by atoms with Gasteiger partial charge < -0.3 is 4.90 Å². The van der Waals surface area contributed by atoms with Crippen molar-refractivity contribution in [2.45, 2.75) is 46.7 Å². The van der Waals surface area contributed by atoms with Gasteiger partial charge in [0.25, 0.3) is 0 Å². The maximum atomic E-state index is 13.0. The molecule has 0 aliphatic heterocycles. The summed E-state index contributed by atoms with van der Waals surface area (Å²) in [7, 11) is 0. The van der Waals surface area contributed by atoms with Crippen molar-refractivity contribution in [3.05, 3.63) is 75.2 Å². The van der Waals surface area contributed by atoms with Crippen molar-refractivity contribution < 1.29 is 4.79 Å². The van der Waals surface area contributed by atoms with Gasteiger partial charge in [-0.05, 0) is 51.0 Å². The van der Waals surface area contributed by atoms with Crippen LogP contribution in [0.1, 0.15) is 33.1 Å². The summed E-state index contributed by atoms with van der Waals surface area (Å²) >= 11 is 1.76. The first kappa shape index (κ1) is 19.4. The highest BCUT2D eigenvalue weighted by Crippen LogP contribution is 2.18. The van der Waals surface area contributed by atoms with E-state index in [-0.39, 0.29) is 5.91 Å². The van der Waals surface area contributed by atoms with E-state index in [0.29, 0.717) is 19.5 Å². The van der Waals surface area contributed by atoms with Crippen molar-refractivity contribution in [3.63, 3.8) is 0 Å². The third-order valence-electron chi connectivity index (χ3n) is 4.65. The highest BCUT2D eigenvalue weighted by atomic mass is 32.1. The second-order valence-electron chi connectivity index (χ2n) is 6.96. The Morgan fingerprint density at radius 2 is 1.89 bits per heavy atom. The third-order valence-corrected chi connectivity index (χ3v) is 5.63. The second kappa shape index (κ2) is 9.00. The normalized spacial score (nSPS) is 10.9. The van der Waals surface area contributed by atoms with Crippen LogP contribution in [0.5, 0.6) is 0 Å². The summed E-state index contributed by atoms with van der Waals surface area (Å²) in [5, 5.41) is 4.47. The molecule has 0 aliphatic carbocycles. The Kier molecular flexibility index (Phi) is 6.45. The van der Waals surface area contributed by atoms with Crippen molar-refractivity contribution in [1.82, 2.24) is 14.7 Å². The van der Waals surface area contributed by atoms with E-state index in [2.05, 4.69) is 36.3 Å². The summed E-state index contributed by atoms with van der Waals surface area (Å²) in [6.07, 6.45) is 1.35. The number of thiophene rings is 1. The maximum absolute atomic E-state index is 13.0. The van der Waals surface area contributed by atoms with E-state index in [1.807, 2.05) is 47.7 Å². The molecule has 0 saturated heterocycles. The van der Waals surface area contributed by atoms with E-state index in [1.165, 1.54) is 15.3 Å². The van der Waals surface area contributed by atoms with E-state index >= 15 is 0 Å². The summed E-state index contributed by atoms with van der Waals surface area (Å²) in [6.45, 7) is 8.16. The van der Waals surface area contributed by atoms with Gasteiger partial charge in [-0.1, -0.05) is 30.3 Å². The summed E-state index contributed by atoms with van der Waals surface area (Å²) in [5.74, 6) is 0.185. The first-order chi connectivity index (χ1) is 13.0. The number of benzene rings is 1. The van der Waals surface area contributed by atoms with Gasteiger partial charge in [-0.2, -0.15) is 5.10 Å². The molecule has 2 aromatic heterocycles. The van der Waals surface area contributed by atoms with Gasteiger partial charge in [-0.15, -0.1) is 11.3 Å². The van der Waals surface area contributed by atoms with Gasteiger partial charge in [-0.25, -0.2) is 0 Å². The topological polar surface area (TPSA) is 38.1 Å². The van der Waals surface area contributed by atoms with Crippen LogP contribution >= 0.6 is 11.3 Å². The third kappa shape index (κ3) is 5.54. The van der Waals surface area contributed by atoms with Crippen LogP contribution in [0, 0.1) is 20.8 Å². The molecule has 27 heavy (non-hydrogen) atoms. The molecule has 3 aromatic rings. The molecule has 0 fully saturated rings. The lowest BCUT2D eigenvalue weighted by Gasteiger charge is -2.22. The Morgan fingerprint density at radius 1 is 1.11 bits per heavy atom. The fourth-order valence-corrected chi connectivity index (χ4v) is 4.13. The number of carbonyl (C=O) groups excluding carboxylic acids is 1. The number of aromatic nitrogens is 2. The molecule has 0 atom stereocenters. The average Bonchev–Trinajstić information content (AvgIpc) is 3.21. The summed E-state index contributed by atoms with van der Waals surface area (Å²) in [4.78, 5) is 17.5. The minimum atomic E-state index is 0.185. The van der Waals surface area contributed by atoms with E-state index in [1.54, 1.807) is 11.3 Å². The number of nitrogens with zero attached hydrogens (tertiary/aromatic N) is 3. The Bertz CT molecular complexity index is 882. The van der Waals surface area contributed by atoms with Crippen LogP contribution in [-0.4, -0.2) is 27.1 Å². The second-order valence-corrected chi connectivity index (χ2v) is 8.34. The van der Waals surface area contributed by atoms with Crippen molar-refractivity contribution in [2.24, 2.45) is 0 Å². The highest BCUT2D eigenvalue weighted by Gasteiger charge is 2.16. The average molecular weight is 382 g/mol. The number of carbonyl (C=O) groups is 1. The summed E-state index contributed by atoms with van der Waals surface area (Å²) in [5.41, 5.74) is 3.36. The minimum Gasteiger partial charge on any atom is -0.337 e. The Morgan fingerprint density at radius 3 is 2.52 bits per heavy atom. The molecule has 1 amide bonds. The number of hydrogen-bond acceptors (Lipinski definition) is 3. The molecule has 0 radical (unpaired) electrons. The van der Waals surface area contributed by atoms with Crippen LogP contribution in [0.2, 0.25) is 0 Å². The molecule has 0 bridgehead atoms. The van der Waals surface area contributed by atoms with Crippen molar-refractivity contribution in [2.75, 3.05) is 6.54 Å². The van der Waals surface area contributed by atoms with Crippen LogP contribution in [0.25, 0.3) is 0 Å². The van der Waals surface area contributed by atoms with Crippen LogP contribution in [0.15, 0.2) is 48.5 Å². The molecular weight excluding hydrogens is 354 g/mol. The van der Waals surface area contributed by atoms with Gasteiger partial charge in [-0.3, -0.25) is 9.48 Å². The fraction of sp³-hybridized carbons (Fsp3) is 0.364. The zero-order valence-electron chi connectivity index (χ0n) is 16.3. The quantitative estimate of drug-likeness (QED) is 0.575. The highest BCUT2D eigenvalue weighted by molar-refractivity contribution is 7.11. The summed E-state index contributed by atoms with van der Waals surface area (Å²) in [6, 6.07) is 16.7. The summed E-state index contributed by atoms with van der Waals surface area (Å²) < 4.78 is 1.93. The number of aryl methyl sites for hydroxylation is 4. The number of rotatable bonds is 8. The van der Waals surface area contributed by atoms with E-state index in [9.17, 15) is 4.79 Å². The molecule has 0 unspecified atom stereocenters. The Labute approximate surface area is 165 Å². The van der Waals surface area contributed by atoms with Gasteiger partial charge in [0.1, 0.15) is 0 Å². The lowest BCUT2D eigenvalue weighted by atomic mass is 10.1. The maximum Gasteiger partial charge on any atom is 0.224 e. The van der Waals surface area contributed by atoms with Gasteiger partial charge >= 0.3 is 0 Å². The van der Waals surface area contributed by atoms with Crippen molar-refractivity contribution >= 4 is 17.2 Å². The number of amides is 1. The fourth-order valence-electron chi connectivity index (χ4n) is 3.22. The Balaban J connectivity index is 1.65. The molecule has 2 heterocycles. The monoisotopic (exact) mass is 381 g/mol. The SMILES string of the molecule is Cc1cc(C)n(CCC(=O)N(CCc2ccccc2)Cc2ccc(C)s2)n1. The zero-order chi connectivity index (χ0) is 19.2. The van der Waals surface area contributed by atoms with Crippen LogP contribution in [-0.2, 0) is 24.3 Å². The zero-order valence-corrected chi connectivity index (χ0v) is 17.1. The molecule has 0 spiro atoms. The molecular formula is C22H27N3OS. The molecule has 5 heteroatoms. The lowest BCUT2D eigenvalue weighted by Crippen LogP contribution is -2.33. The van der Waals surface area contributed by atoms with Crippen molar-refractivity contribution in [1.29, 1.82) is 0 Å². The molecule has 0 N–H and O–H groups in total. The minimum absolute atomic E-state index is 0.185. The van der Waals surface area contributed by atoms with Crippen LogP contribution in [0.3, 0.4) is 0 Å². The predicted molar refractivity (Wildman–Crippen MR) is 111 cm³/mol. The molecule has 0 aliphatic rings. The van der Waals surface area contributed by atoms with E-state index < -0.39 is 0 Å². The standard InChI is InChI=1S/C22H27N3OS/c1-17-15-18(2)25(23-17)14-12-22(26)24(16-21-10-9-19(3)27-21)13-11-20-7-5-4-6-8-20/h4-10,15H,11-14,16H2,1-3H3. The van der Waals surface area contributed by atoms with E-state index in [0.717, 1.165) is 24.4 Å². The van der Waals surface area contributed by atoms with E-state index in [4.69, 9.17) is 0 Å². The Hall–Kier alpha value is -2.40. The number of hydrogen-bond donors (Lipinski definition) is 0. The predicted octanol–water partition coefficient (Wildman–Crippen LogP) is 4.53. The largest absolute Gasteiger partial charge is 0.337 e. The smallest absolute Gasteiger partial charge is 0.224 e. The molecule has 0 saturated carbocycles.